The minimum atomic E-state index is 0.532. The van der Waals surface area contributed by atoms with Gasteiger partial charge in [0.25, 0.3) is 0 Å². The molecule has 0 saturated carbocycles. The van der Waals surface area contributed by atoms with Gasteiger partial charge in [-0.1, -0.05) is 32.0 Å². The molecule has 0 aliphatic rings. The van der Waals surface area contributed by atoms with Crippen LogP contribution in [0.25, 0.3) is 0 Å². The third-order valence-corrected chi connectivity index (χ3v) is 2.75. The Labute approximate surface area is 108 Å². The summed E-state index contributed by atoms with van der Waals surface area (Å²) in [6, 6.07) is 13.8. The summed E-state index contributed by atoms with van der Waals surface area (Å²) in [4.78, 5) is 4.31. The van der Waals surface area contributed by atoms with E-state index in [0.29, 0.717) is 11.8 Å². The lowest BCUT2D eigenvalue weighted by atomic mass is 10.0. The maximum Gasteiger partial charge on any atom is 0.221 e. The van der Waals surface area contributed by atoms with Crippen LogP contribution < -0.4 is 10.1 Å². The quantitative estimate of drug-likeness (QED) is 0.878. The normalized spacial score (nSPS) is 10.4. The van der Waals surface area contributed by atoms with Crippen molar-refractivity contribution in [2.45, 2.75) is 19.8 Å². The summed E-state index contributed by atoms with van der Waals surface area (Å²) < 4.78 is 5.70. The maximum absolute atomic E-state index is 5.70. The Balaban J connectivity index is 2.13. The number of rotatable bonds is 4. The Kier molecular flexibility index (Phi) is 3.82. The molecule has 0 fully saturated rings. The number of benzene rings is 1. The molecule has 1 N–H and O–H groups in total. The van der Waals surface area contributed by atoms with E-state index < -0.39 is 0 Å². The van der Waals surface area contributed by atoms with Gasteiger partial charge in [0.05, 0.1) is 0 Å². The molecular weight excluding hydrogens is 224 g/mol. The van der Waals surface area contributed by atoms with Crippen LogP contribution in [0.15, 0.2) is 42.5 Å². The molecule has 18 heavy (non-hydrogen) atoms. The van der Waals surface area contributed by atoms with Crippen LogP contribution >= 0.6 is 0 Å². The monoisotopic (exact) mass is 242 g/mol. The number of anilines is 1. The van der Waals surface area contributed by atoms with Crippen molar-refractivity contribution in [2.24, 2.45) is 0 Å². The summed E-state index contributed by atoms with van der Waals surface area (Å²) in [5.41, 5.74) is 1.30. The van der Waals surface area contributed by atoms with Crippen molar-refractivity contribution >= 4 is 5.82 Å². The standard InChI is InChI=1S/C15H18N2O/c1-11(2)12-7-9-13(10-8-12)18-15-6-4-5-14(16-3)17-15/h4-11H,1-3H3,(H,16,17). The second-order valence-electron chi connectivity index (χ2n) is 4.44. The molecule has 1 aromatic carbocycles. The number of aromatic nitrogens is 1. The first kappa shape index (κ1) is 12.4. The van der Waals surface area contributed by atoms with Crippen LogP contribution in [0.3, 0.4) is 0 Å². The average molecular weight is 242 g/mol. The van der Waals surface area contributed by atoms with E-state index in [9.17, 15) is 0 Å². The molecule has 2 aromatic rings. The highest BCUT2D eigenvalue weighted by Crippen LogP contribution is 2.23. The highest BCUT2D eigenvalue weighted by Gasteiger charge is 2.02. The fraction of sp³-hybridized carbons (Fsp3) is 0.267. The molecule has 2 rings (SSSR count). The summed E-state index contributed by atoms with van der Waals surface area (Å²) >= 11 is 0. The SMILES string of the molecule is CNc1cccc(Oc2ccc(C(C)C)cc2)n1. The molecule has 0 amide bonds. The zero-order valence-corrected chi connectivity index (χ0v) is 11.0. The van der Waals surface area contributed by atoms with Crippen LogP contribution in [0.4, 0.5) is 5.82 Å². The molecule has 0 saturated heterocycles. The molecule has 0 spiro atoms. The van der Waals surface area contributed by atoms with Gasteiger partial charge in [0.2, 0.25) is 5.88 Å². The molecule has 3 heteroatoms. The Hall–Kier alpha value is -2.03. The first-order valence-electron chi connectivity index (χ1n) is 6.11. The van der Waals surface area contributed by atoms with E-state index in [1.165, 1.54) is 5.56 Å². The molecule has 0 radical (unpaired) electrons. The van der Waals surface area contributed by atoms with Crippen molar-refractivity contribution < 1.29 is 4.74 Å². The van der Waals surface area contributed by atoms with E-state index in [0.717, 1.165) is 11.6 Å². The first-order chi connectivity index (χ1) is 8.69. The zero-order valence-electron chi connectivity index (χ0n) is 11.0. The predicted octanol–water partition coefficient (Wildman–Crippen LogP) is 4.04. The van der Waals surface area contributed by atoms with Crippen LogP contribution in [0.2, 0.25) is 0 Å². The number of nitrogens with zero attached hydrogens (tertiary/aromatic N) is 1. The van der Waals surface area contributed by atoms with Crippen LogP contribution in [0.5, 0.6) is 11.6 Å². The van der Waals surface area contributed by atoms with Gasteiger partial charge in [0.15, 0.2) is 0 Å². The Morgan fingerprint density at radius 2 is 1.78 bits per heavy atom. The first-order valence-corrected chi connectivity index (χ1v) is 6.11. The van der Waals surface area contributed by atoms with Crippen LogP contribution in [-0.4, -0.2) is 12.0 Å². The zero-order chi connectivity index (χ0) is 13.0. The van der Waals surface area contributed by atoms with Gasteiger partial charge in [0, 0.05) is 13.1 Å². The highest BCUT2D eigenvalue weighted by atomic mass is 16.5. The molecule has 94 valence electrons. The summed E-state index contributed by atoms with van der Waals surface area (Å²) in [5.74, 6) is 2.73. The summed E-state index contributed by atoms with van der Waals surface area (Å²) in [6.45, 7) is 4.35. The smallest absolute Gasteiger partial charge is 0.221 e. The van der Waals surface area contributed by atoms with Crippen molar-refractivity contribution in [3.8, 4) is 11.6 Å². The molecular formula is C15H18N2O. The van der Waals surface area contributed by atoms with Crippen molar-refractivity contribution in [1.82, 2.24) is 4.98 Å². The number of nitrogens with one attached hydrogen (secondary N) is 1. The summed E-state index contributed by atoms with van der Waals surface area (Å²) in [7, 11) is 1.84. The van der Waals surface area contributed by atoms with Crippen molar-refractivity contribution in [1.29, 1.82) is 0 Å². The molecule has 0 aliphatic carbocycles. The lowest BCUT2D eigenvalue weighted by Crippen LogP contribution is -1.94. The average Bonchev–Trinajstić information content (AvgIpc) is 2.39. The lowest BCUT2D eigenvalue weighted by molar-refractivity contribution is 0.463. The van der Waals surface area contributed by atoms with Gasteiger partial charge in [-0.2, -0.15) is 4.98 Å². The van der Waals surface area contributed by atoms with Gasteiger partial charge in [-0.3, -0.25) is 0 Å². The van der Waals surface area contributed by atoms with E-state index in [1.807, 2.05) is 37.4 Å². The van der Waals surface area contributed by atoms with Crippen molar-refractivity contribution in [2.75, 3.05) is 12.4 Å². The topological polar surface area (TPSA) is 34.1 Å². The van der Waals surface area contributed by atoms with Crippen LogP contribution in [0.1, 0.15) is 25.3 Å². The number of pyridine rings is 1. The summed E-state index contributed by atoms with van der Waals surface area (Å²) in [5, 5.41) is 2.99. The molecule has 1 heterocycles. The second kappa shape index (κ2) is 5.54. The number of hydrogen-bond acceptors (Lipinski definition) is 3. The molecule has 0 atom stereocenters. The Morgan fingerprint density at radius 3 is 2.39 bits per heavy atom. The fourth-order valence-corrected chi connectivity index (χ4v) is 1.65. The van der Waals surface area contributed by atoms with Crippen LogP contribution in [-0.2, 0) is 0 Å². The third kappa shape index (κ3) is 3.00. The molecule has 0 unspecified atom stereocenters. The van der Waals surface area contributed by atoms with Gasteiger partial charge < -0.3 is 10.1 Å². The molecule has 0 bridgehead atoms. The van der Waals surface area contributed by atoms with E-state index in [2.05, 4.69) is 36.3 Å². The largest absolute Gasteiger partial charge is 0.439 e. The minimum Gasteiger partial charge on any atom is -0.439 e. The molecule has 1 aromatic heterocycles. The van der Waals surface area contributed by atoms with Crippen LogP contribution in [0, 0.1) is 0 Å². The van der Waals surface area contributed by atoms with Gasteiger partial charge in [-0.25, -0.2) is 0 Å². The van der Waals surface area contributed by atoms with Crippen molar-refractivity contribution in [3.63, 3.8) is 0 Å². The summed E-state index contributed by atoms with van der Waals surface area (Å²) in [6.07, 6.45) is 0. The van der Waals surface area contributed by atoms with E-state index in [1.54, 1.807) is 0 Å². The van der Waals surface area contributed by atoms with Gasteiger partial charge in [-0.05, 0) is 29.7 Å². The second-order valence-corrected chi connectivity index (χ2v) is 4.44. The number of ether oxygens (including phenoxy) is 1. The Bertz CT molecular complexity index is 506. The van der Waals surface area contributed by atoms with Gasteiger partial charge in [-0.15, -0.1) is 0 Å². The molecule has 0 aliphatic heterocycles. The highest BCUT2D eigenvalue weighted by molar-refractivity contribution is 5.38. The van der Waals surface area contributed by atoms with Gasteiger partial charge >= 0.3 is 0 Å². The number of hydrogen-bond donors (Lipinski definition) is 1. The van der Waals surface area contributed by atoms with Gasteiger partial charge in [0.1, 0.15) is 11.6 Å². The van der Waals surface area contributed by atoms with E-state index in [-0.39, 0.29) is 0 Å². The lowest BCUT2D eigenvalue weighted by Gasteiger charge is -2.08. The van der Waals surface area contributed by atoms with Crippen molar-refractivity contribution in [3.05, 3.63) is 48.0 Å². The molecule has 3 nitrogen and oxygen atoms in total. The third-order valence-electron chi connectivity index (χ3n) is 2.75. The Morgan fingerprint density at radius 1 is 1.06 bits per heavy atom. The van der Waals surface area contributed by atoms with E-state index >= 15 is 0 Å². The minimum absolute atomic E-state index is 0.532. The maximum atomic E-state index is 5.70. The fourth-order valence-electron chi connectivity index (χ4n) is 1.65. The van der Waals surface area contributed by atoms with E-state index in [4.69, 9.17) is 4.74 Å². The predicted molar refractivity (Wildman–Crippen MR) is 74.4 cm³/mol.